The van der Waals surface area contributed by atoms with Gasteiger partial charge in [0.05, 0.1) is 12.1 Å². The standard InChI is InChI=1S/C22H19F5N4O/c23-21(24)7-8-30(12-21)20(32)18-9-14-3-4-15(19(28)29)10-17(14)31(18)11-13-1-5-16(6-2-13)22(25,26)27/h1-6,9-10H,7-8,11-12H2,(H3,28,29). The van der Waals surface area contributed by atoms with Crippen LogP contribution in [-0.2, 0) is 12.7 Å². The molecule has 0 atom stereocenters. The third kappa shape index (κ3) is 4.17. The normalized spacial score (nSPS) is 16.0. The fraction of sp³-hybridized carbons (Fsp3) is 0.273. The van der Waals surface area contributed by atoms with Gasteiger partial charge in [-0.3, -0.25) is 10.2 Å². The van der Waals surface area contributed by atoms with Crippen LogP contribution in [0.2, 0.25) is 0 Å². The van der Waals surface area contributed by atoms with Gasteiger partial charge in [0.25, 0.3) is 11.8 Å². The van der Waals surface area contributed by atoms with E-state index in [0.717, 1.165) is 17.0 Å². The van der Waals surface area contributed by atoms with E-state index in [1.54, 1.807) is 28.8 Å². The maximum atomic E-state index is 13.7. The predicted molar refractivity (Wildman–Crippen MR) is 109 cm³/mol. The van der Waals surface area contributed by atoms with Crippen molar-refractivity contribution in [2.24, 2.45) is 5.73 Å². The summed E-state index contributed by atoms with van der Waals surface area (Å²) in [5, 5.41) is 8.28. The minimum Gasteiger partial charge on any atom is -0.384 e. The molecule has 1 aromatic heterocycles. The van der Waals surface area contributed by atoms with Crippen molar-refractivity contribution in [2.75, 3.05) is 13.1 Å². The molecule has 168 valence electrons. The molecule has 1 saturated heterocycles. The zero-order valence-corrected chi connectivity index (χ0v) is 16.7. The van der Waals surface area contributed by atoms with Crippen LogP contribution >= 0.6 is 0 Å². The van der Waals surface area contributed by atoms with E-state index >= 15 is 0 Å². The van der Waals surface area contributed by atoms with E-state index in [-0.39, 0.29) is 24.6 Å². The number of nitrogens with zero attached hydrogens (tertiary/aromatic N) is 2. The van der Waals surface area contributed by atoms with E-state index in [1.165, 1.54) is 12.1 Å². The van der Waals surface area contributed by atoms with Crippen LogP contribution < -0.4 is 5.73 Å². The molecule has 3 N–H and O–H groups in total. The number of benzene rings is 2. The van der Waals surface area contributed by atoms with Gasteiger partial charge in [-0.1, -0.05) is 24.3 Å². The van der Waals surface area contributed by atoms with Crippen molar-refractivity contribution >= 4 is 22.6 Å². The number of likely N-dealkylation sites (tertiary alicyclic amines) is 1. The Kier molecular flexibility index (Phi) is 5.18. The second-order valence-corrected chi connectivity index (χ2v) is 7.83. The fourth-order valence-electron chi connectivity index (χ4n) is 3.82. The number of amides is 1. The van der Waals surface area contributed by atoms with Gasteiger partial charge in [0.15, 0.2) is 0 Å². The van der Waals surface area contributed by atoms with Crippen molar-refractivity contribution in [3.63, 3.8) is 0 Å². The predicted octanol–water partition coefficient (Wildman–Crippen LogP) is 4.47. The molecule has 0 aliphatic carbocycles. The van der Waals surface area contributed by atoms with Crippen LogP contribution in [0.25, 0.3) is 10.9 Å². The summed E-state index contributed by atoms with van der Waals surface area (Å²) in [6.07, 6.45) is -4.90. The molecule has 1 aliphatic rings. The van der Waals surface area contributed by atoms with Crippen molar-refractivity contribution in [2.45, 2.75) is 25.1 Å². The number of hydrogen-bond acceptors (Lipinski definition) is 2. The molecule has 1 fully saturated rings. The summed E-state index contributed by atoms with van der Waals surface area (Å²) in [6, 6.07) is 10.9. The van der Waals surface area contributed by atoms with Crippen LogP contribution in [0, 0.1) is 5.41 Å². The largest absolute Gasteiger partial charge is 0.416 e. The van der Waals surface area contributed by atoms with E-state index in [1.807, 2.05) is 0 Å². The van der Waals surface area contributed by atoms with Gasteiger partial charge in [0.1, 0.15) is 11.5 Å². The van der Waals surface area contributed by atoms with Gasteiger partial charge in [-0.05, 0) is 29.8 Å². The lowest BCUT2D eigenvalue weighted by Gasteiger charge is -2.18. The summed E-state index contributed by atoms with van der Waals surface area (Å²) in [7, 11) is 0. The summed E-state index contributed by atoms with van der Waals surface area (Å²) in [4.78, 5) is 14.1. The van der Waals surface area contributed by atoms with Gasteiger partial charge in [-0.2, -0.15) is 13.2 Å². The Hall–Kier alpha value is -3.43. The Labute approximate surface area is 179 Å². The number of nitrogens with one attached hydrogen (secondary N) is 1. The first-order valence-corrected chi connectivity index (χ1v) is 9.75. The molecular weight excluding hydrogens is 431 g/mol. The highest BCUT2D eigenvalue weighted by molar-refractivity contribution is 6.02. The van der Waals surface area contributed by atoms with Crippen molar-refractivity contribution in [3.8, 4) is 0 Å². The van der Waals surface area contributed by atoms with Gasteiger partial charge in [-0.25, -0.2) is 8.78 Å². The minimum atomic E-state index is -4.48. The zero-order valence-electron chi connectivity index (χ0n) is 16.7. The number of alkyl halides is 5. The molecule has 1 aliphatic heterocycles. The van der Waals surface area contributed by atoms with Crippen LogP contribution in [0.15, 0.2) is 48.5 Å². The Morgan fingerprint density at radius 3 is 2.34 bits per heavy atom. The number of amidine groups is 1. The molecule has 2 aromatic carbocycles. The molecule has 0 saturated carbocycles. The van der Waals surface area contributed by atoms with E-state index < -0.39 is 36.5 Å². The molecule has 0 unspecified atom stereocenters. The number of carbonyl (C=O) groups excluding carboxylic acids is 1. The summed E-state index contributed by atoms with van der Waals surface area (Å²) in [5.41, 5.74) is 6.32. The second-order valence-electron chi connectivity index (χ2n) is 7.83. The SMILES string of the molecule is N=C(N)c1ccc2cc(C(=O)N3CCC(F)(F)C3)n(Cc3ccc(C(F)(F)F)cc3)c2c1. The molecule has 10 heteroatoms. The monoisotopic (exact) mass is 450 g/mol. The molecule has 3 aromatic rings. The minimum absolute atomic E-state index is 0.0360. The molecule has 0 spiro atoms. The number of carbonyl (C=O) groups is 1. The van der Waals surface area contributed by atoms with Crippen molar-refractivity contribution in [1.82, 2.24) is 9.47 Å². The third-order valence-electron chi connectivity index (χ3n) is 5.51. The molecule has 1 amide bonds. The van der Waals surface area contributed by atoms with Crippen molar-refractivity contribution in [3.05, 3.63) is 70.9 Å². The average molecular weight is 450 g/mol. The van der Waals surface area contributed by atoms with E-state index in [4.69, 9.17) is 11.1 Å². The molecule has 4 rings (SSSR count). The first-order chi connectivity index (χ1) is 14.9. The summed E-state index contributed by atoms with van der Waals surface area (Å²) in [6.45, 7) is -0.743. The second kappa shape index (κ2) is 7.61. The number of nitrogens with two attached hydrogens (primary N) is 1. The first kappa shape index (κ1) is 21.8. The summed E-state index contributed by atoms with van der Waals surface area (Å²) in [5.74, 6) is -3.74. The Balaban J connectivity index is 1.77. The molecule has 32 heavy (non-hydrogen) atoms. The zero-order chi connectivity index (χ0) is 23.3. The number of fused-ring (bicyclic) bond motifs is 1. The van der Waals surface area contributed by atoms with E-state index in [2.05, 4.69) is 0 Å². The number of aromatic nitrogens is 1. The molecular formula is C22H19F5N4O. The first-order valence-electron chi connectivity index (χ1n) is 9.75. The van der Waals surface area contributed by atoms with Crippen LogP contribution in [-0.4, -0.2) is 40.2 Å². The van der Waals surface area contributed by atoms with Gasteiger partial charge in [0, 0.05) is 36.0 Å². The lowest BCUT2D eigenvalue weighted by Crippen LogP contribution is -2.32. The van der Waals surface area contributed by atoms with Crippen LogP contribution in [0.5, 0.6) is 0 Å². The van der Waals surface area contributed by atoms with Crippen LogP contribution in [0.1, 0.15) is 33.6 Å². The fourth-order valence-corrected chi connectivity index (χ4v) is 3.82. The lowest BCUT2D eigenvalue weighted by atomic mass is 10.1. The Bertz CT molecular complexity index is 1200. The number of rotatable bonds is 4. The van der Waals surface area contributed by atoms with Gasteiger partial charge in [-0.15, -0.1) is 0 Å². The smallest absolute Gasteiger partial charge is 0.384 e. The summed E-state index contributed by atoms with van der Waals surface area (Å²) < 4.78 is 67.5. The third-order valence-corrected chi connectivity index (χ3v) is 5.51. The highest BCUT2D eigenvalue weighted by Gasteiger charge is 2.41. The van der Waals surface area contributed by atoms with Crippen LogP contribution in [0.4, 0.5) is 22.0 Å². The van der Waals surface area contributed by atoms with Crippen molar-refractivity contribution in [1.29, 1.82) is 5.41 Å². The van der Waals surface area contributed by atoms with Gasteiger partial charge < -0.3 is 15.2 Å². The number of nitrogen functional groups attached to an aromatic ring is 1. The summed E-state index contributed by atoms with van der Waals surface area (Å²) >= 11 is 0. The maximum absolute atomic E-state index is 13.7. The van der Waals surface area contributed by atoms with Gasteiger partial charge in [0.2, 0.25) is 0 Å². The van der Waals surface area contributed by atoms with Crippen molar-refractivity contribution < 1.29 is 26.7 Å². The molecule has 5 nitrogen and oxygen atoms in total. The maximum Gasteiger partial charge on any atom is 0.416 e. The average Bonchev–Trinajstić information content (AvgIpc) is 3.26. The number of halogens is 5. The Morgan fingerprint density at radius 1 is 1.09 bits per heavy atom. The molecule has 0 bridgehead atoms. The van der Waals surface area contributed by atoms with Gasteiger partial charge >= 0.3 is 6.18 Å². The Morgan fingerprint density at radius 2 is 1.78 bits per heavy atom. The molecule has 2 heterocycles. The van der Waals surface area contributed by atoms with Crippen LogP contribution in [0.3, 0.4) is 0 Å². The quantitative estimate of drug-likeness (QED) is 0.350. The van der Waals surface area contributed by atoms with E-state index in [9.17, 15) is 26.7 Å². The molecule has 0 radical (unpaired) electrons. The highest BCUT2D eigenvalue weighted by atomic mass is 19.4. The topological polar surface area (TPSA) is 75.1 Å². The lowest BCUT2D eigenvalue weighted by molar-refractivity contribution is -0.137. The number of hydrogen-bond donors (Lipinski definition) is 2. The van der Waals surface area contributed by atoms with E-state index in [0.29, 0.717) is 22.0 Å². The highest BCUT2D eigenvalue weighted by Crippen LogP contribution is 2.31.